The highest BCUT2D eigenvalue weighted by molar-refractivity contribution is 7.13. The van der Waals surface area contributed by atoms with Crippen LogP contribution in [0.1, 0.15) is 5.56 Å². The highest BCUT2D eigenvalue weighted by Gasteiger charge is 2.04. The van der Waals surface area contributed by atoms with E-state index >= 15 is 0 Å². The number of rotatable bonds is 4. The van der Waals surface area contributed by atoms with Crippen LogP contribution >= 0.6 is 34.5 Å². The number of aromatic nitrogens is 1. The summed E-state index contributed by atoms with van der Waals surface area (Å²) < 4.78 is 0. The zero-order valence-electron chi connectivity index (χ0n) is 11.0. The fraction of sp³-hybridized carbons (Fsp3) is 0.0625. The highest BCUT2D eigenvalue weighted by atomic mass is 35.5. The summed E-state index contributed by atoms with van der Waals surface area (Å²) in [6, 6.07) is 13.8. The molecule has 0 unspecified atom stereocenters. The predicted octanol–water partition coefficient (Wildman–Crippen LogP) is 5.73. The fourth-order valence-electron chi connectivity index (χ4n) is 1.98. The van der Waals surface area contributed by atoms with Gasteiger partial charge < -0.3 is 5.32 Å². The second-order valence-corrected chi connectivity index (χ2v) is 6.16. The van der Waals surface area contributed by atoms with Crippen molar-refractivity contribution in [3.8, 4) is 10.6 Å². The third-order valence-electron chi connectivity index (χ3n) is 3.08. The van der Waals surface area contributed by atoms with Gasteiger partial charge in [0.15, 0.2) is 0 Å². The van der Waals surface area contributed by atoms with E-state index in [-0.39, 0.29) is 0 Å². The van der Waals surface area contributed by atoms with E-state index in [4.69, 9.17) is 23.2 Å². The second kappa shape index (κ2) is 6.48. The Kier molecular flexibility index (Phi) is 4.44. The number of nitrogens with zero attached hydrogens (tertiary/aromatic N) is 1. The average molecular weight is 335 g/mol. The Bertz CT molecular complexity index is 725. The number of hydrogen-bond acceptors (Lipinski definition) is 3. The van der Waals surface area contributed by atoms with Crippen molar-refractivity contribution in [2.45, 2.75) is 6.54 Å². The Labute approximate surface area is 137 Å². The van der Waals surface area contributed by atoms with Crippen LogP contribution in [0.2, 0.25) is 10.0 Å². The molecule has 0 aliphatic carbocycles. The molecule has 0 amide bonds. The Morgan fingerprint density at radius 2 is 1.86 bits per heavy atom. The lowest BCUT2D eigenvalue weighted by molar-refractivity contribution is 1.15. The zero-order chi connectivity index (χ0) is 14.7. The number of thiazole rings is 1. The number of hydrogen-bond donors (Lipinski definition) is 1. The maximum absolute atomic E-state index is 6.17. The van der Waals surface area contributed by atoms with Crippen molar-refractivity contribution in [1.29, 1.82) is 0 Å². The fourth-order valence-corrected chi connectivity index (χ4v) is 3.01. The van der Waals surface area contributed by atoms with Gasteiger partial charge in [-0.25, -0.2) is 4.98 Å². The lowest BCUT2D eigenvalue weighted by Gasteiger charge is -2.09. The monoisotopic (exact) mass is 334 g/mol. The zero-order valence-corrected chi connectivity index (χ0v) is 13.3. The van der Waals surface area contributed by atoms with Crippen LogP contribution in [-0.4, -0.2) is 4.98 Å². The normalized spacial score (nSPS) is 10.6. The molecule has 0 fully saturated rings. The van der Waals surface area contributed by atoms with E-state index in [1.54, 1.807) is 17.4 Å². The molecular formula is C16H12Cl2N2S. The summed E-state index contributed by atoms with van der Waals surface area (Å²) in [5.41, 5.74) is 3.14. The van der Waals surface area contributed by atoms with E-state index in [0.29, 0.717) is 16.6 Å². The summed E-state index contributed by atoms with van der Waals surface area (Å²) in [6.45, 7) is 0.635. The minimum Gasteiger partial charge on any atom is -0.381 e. The Morgan fingerprint density at radius 1 is 1.05 bits per heavy atom. The van der Waals surface area contributed by atoms with Crippen LogP contribution in [-0.2, 0) is 6.54 Å². The van der Waals surface area contributed by atoms with Gasteiger partial charge in [-0.3, -0.25) is 0 Å². The second-order valence-electron chi connectivity index (χ2n) is 4.48. The number of nitrogens with one attached hydrogen (secondary N) is 1. The van der Waals surface area contributed by atoms with Crippen molar-refractivity contribution in [2.75, 3.05) is 5.32 Å². The maximum atomic E-state index is 6.17. The topological polar surface area (TPSA) is 24.9 Å². The van der Waals surface area contributed by atoms with Gasteiger partial charge in [-0.15, -0.1) is 11.3 Å². The lowest BCUT2D eigenvalue weighted by atomic mass is 10.2. The van der Waals surface area contributed by atoms with Crippen molar-refractivity contribution < 1.29 is 0 Å². The van der Waals surface area contributed by atoms with E-state index in [1.165, 1.54) is 0 Å². The smallest absolute Gasteiger partial charge is 0.123 e. The number of halogens is 2. The van der Waals surface area contributed by atoms with Crippen molar-refractivity contribution in [3.05, 3.63) is 69.7 Å². The van der Waals surface area contributed by atoms with Crippen LogP contribution in [0.4, 0.5) is 5.69 Å². The third kappa shape index (κ3) is 3.38. The molecule has 1 aromatic heterocycles. The molecule has 1 N–H and O–H groups in total. The van der Waals surface area contributed by atoms with Crippen molar-refractivity contribution in [2.24, 2.45) is 0 Å². The van der Waals surface area contributed by atoms with Crippen LogP contribution in [0.25, 0.3) is 10.6 Å². The summed E-state index contributed by atoms with van der Waals surface area (Å²) in [5.74, 6) is 0. The maximum Gasteiger partial charge on any atom is 0.123 e. The quantitative estimate of drug-likeness (QED) is 0.659. The molecule has 3 rings (SSSR count). The van der Waals surface area contributed by atoms with Crippen LogP contribution < -0.4 is 5.32 Å². The number of anilines is 1. The molecule has 0 aliphatic rings. The first-order chi connectivity index (χ1) is 10.2. The lowest BCUT2D eigenvalue weighted by Crippen LogP contribution is -2.00. The molecule has 0 bridgehead atoms. The van der Waals surface area contributed by atoms with E-state index in [9.17, 15) is 0 Å². The summed E-state index contributed by atoms with van der Waals surface area (Å²) in [4.78, 5) is 4.30. The molecule has 0 radical (unpaired) electrons. The largest absolute Gasteiger partial charge is 0.381 e. The van der Waals surface area contributed by atoms with Gasteiger partial charge in [-0.2, -0.15) is 0 Å². The van der Waals surface area contributed by atoms with Crippen molar-refractivity contribution >= 4 is 40.2 Å². The van der Waals surface area contributed by atoms with Crippen LogP contribution in [0.3, 0.4) is 0 Å². The molecule has 0 aliphatic heterocycles. The summed E-state index contributed by atoms with van der Waals surface area (Å²) >= 11 is 13.8. The van der Waals surface area contributed by atoms with Crippen molar-refractivity contribution in [1.82, 2.24) is 4.98 Å². The molecule has 1 heterocycles. The van der Waals surface area contributed by atoms with E-state index in [2.05, 4.69) is 22.4 Å². The Morgan fingerprint density at radius 3 is 2.57 bits per heavy atom. The summed E-state index contributed by atoms with van der Waals surface area (Å²) in [7, 11) is 0. The van der Waals surface area contributed by atoms with Gasteiger partial charge in [-0.1, -0.05) is 35.3 Å². The van der Waals surface area contributed by atoms with Crippen LogP contribution in [0.15, 0.2) is 54.0 Å². The van der Waals surface area contributed by atoms with Crippen molar-refractivity contribution in [3.63, 3.8) is 0 Å². The molecule has 0 saturated heterocycles. The summed E-state index contributed by atoms with van der Waals surface area (Å²) in [6.07, 6.45) is 1.81. The van der Waals surface area contributed by atoms with E-state index in [1.807, 2.05) is 35.8 Å². The summed E-state index contributed by atoms with van der Waals surface area (Å²) in [5, 5.41) is 7.53. The SMILES string of the molecule is Clc1cccc(CNc2ccc(-c3nccs3)cc2)c1Cl. The highest BCUT2D eigenvalue weighted by Crippen LogP contribution is 2.27. The molecule has 0 spiro atoms. The molecule has 0 atom stereocenters. The van der Waals surface area contributed by atoms with Gasteiger partial charge in [0.05, 0.1) is 10.0 Å². The van der Waals surface area contributed by atoms with E-state index < -0.39 is 0 Å². The molecule has 5 heteroatoms. The van der Waals surface area contributed by atoms with Gasteiger partial charge in [-0.05, 0) is 35.9 Å². The van der Waals surface area contributed by atoms with Gasteiger partial charge in [0.1, 0.15) is 5.01 Å². The first-order valence-electron chi connectivity index (χ1n) is 6.41. The standard InChI is InChI=1S/C16H12Cl2N2S/c17-14-3-1-2-12(15(14)18)10-20-13-6-4-11(5-7-13)16-19-8-9-21-16/h1-9,20H,10H2. The minimum absolute atomic E-state index is 0.579. The van der Waals surface area contributed by atoms with Gasteiger partial charge in [0.2, 0.25) is 0 Å². The van der Waals surface area contributed by atoms with Gasteiger partial charge >= 0.3 is 0 Å². The Balaban J connectivity index is 1.70. The molecule has 2 aromatic carbocycles. The third-order valence-corrected chi connectivity index (χ3v) is 4.76. The molecule has 2 nitrogen and oxygen atoms in total. The molecule has 0 saturated carbocycles. The number of benzene rings is 2. The molecular weight excluding hydrogens is 323 g/mol. The molecule has 3 aromatic rings. The van der Waals surface area contributed by atoms with Crippen LogP contribution in [0.5, 0.6) is 0 Å². The first-order valence-corrected chi connectivity index (χ1v) is 8.04. The average Bonchev–Trinajstić information content (AvgIpc) is 3.04. The first kappa shape index (κ1) is 14.4. The minimum atomic E-state index is 0.579. The molecule has 106 valence electrons. The molecule has 21 heavy (non-hydrogen) atoms. The Hall–Kier alpha value is -1.55. The van der Waals surface area contributed by atoms with Gasteiger partial charge in [0.25, 0.3) is 0 Å². The predicted molar refractivity (Wildman–Crippen MR) is 91.3 cm³/mol. The van der Waals surface area contributed by atoms with Crippen LogP contribution in [0, 0.1) is 0 Å². The van der Waals surface area contributed by atoms with E-state index in [0.717, 1.165) is 21.8 Å². The van der Waals surface area contributed by atoms with Gasteiger partial charge in [0, 0.05) is 29.4 Å².